The molecule has 0 amide bonds. The number of aryl methyl sites for hydroxylation is 3. The number of rotatable bonds is 5. The highest BCUT2D eigenvalue weighted by Crippen LogP contribution is 2.41. The molecule has 2 aliphatic rings. The molecule has 47 heavy (non-hydrogen) atoms. The Bertz CT molecular complexity index is 2120. The van der Waals surface area contributed by atoms with E-state index in [1.165, 1.54) is 83.9 Å². The largest absolute Gasteiger partial charge is 0.312 e. The summed E-state index contributed by atoms with van der Waals surface area (Å²) in [6.07, 6.45) is 4.59. The van der Waals surface area contributed by atoms with Crippen molar-refractivity contribution < 1.29 is 4.57 Å². The quantitative estimate of drug-likeness (QED) is 0.141. The molecule has 0 radical (unpaired) electrons. The van der Waals surface area contributed by atoms with E-state index >= 15 is 0 Å². The van der Waals surface area contributed by atoms with E-state index in [9.17, 15) is 0 Å². The van der Waals surface area contributed by atoms with Crippen molar-refractivity contribution in [1.29, 1.82) is 0 Å². The van der Waals surface area contributed by atoms with Crippen molar-refractivity contribution in [2.24, 2.45) is 0 Å². The molecule has 232 valence electrons. The normalized spacial score (nSPS) is 13.2. The third-order valence-corrected chi connectivity index (χ3v) is 10.4. The first-order chi connectivity index (χ1) is 22.7. The molecule has 0 N–H and O–H groups in total. The molecule has 5 aromatic carbocycles. The van der Waals surface area contributed by atoms with Gasteiger partial charge in [0.05, 0.1) is 5.56 Å². The fourth-order valence-corrected chi connectivity index (χ4v) is 8.55. The van der Waals surface area contributed by atoms with Crippen molar-refractivity contribution in [2.75, 3.05) is 4.90 Å². The van der Waals surface area contributed by atoms with Crippen LogP contribution in [0.15, 0.2) is 109 Å². The molecule has 0 spiro atoms. The Morgan fingerprint density at radius 2 is 1.34 bits per heavy atom. The molecule has 0 saturated carbocycles. The summed E-state index contributed by atoms with van der Waals surface area (Å²) in [4.78, 5) is 2.49. The SMILES string of the molecule is Cc1cc(C)c(B2c3ccccc3N(c3ccccc3)c3ccc4c(c32)C[n+]2ccn(-c3c(C(C)C)cccc3C(C)C)c2-4)c(C)c1. The van der Waals surface area contributed by atoms with Gasteiger partial charge in [-0.05, 0) is 73.9 Å². The Labute approximate surface area is 280 Å². The first kappa shape index (κ1) is 29.6. The highest BCUT2D eigenvalue weighted by molar-refractivity contribution is 6.98. The summed E-state index contributed by atoms with van der Waals surface area (Å²) in [5.74, 6) is 2.12. The van der Waals surface area contributed by atoms with E-state index in [2.05, 4.69) is 172 Å². The van der Waals surface area contributed by atoms with Gasteiger partial charge in [0.25, 0.3) is 5.82 Å². The molecule has 3 heterocycles. The van der Waals surface area contributed by atoms with Gasteiger partial charge in [-0.2, -0.15) is 4.57 Å². The summed E-state index contributed by atoms with van der Waals surface area (Å²) in [7, 11) is 0. The number of nitrogens with zero attached hydrogens (tertiary/aromatic N) is 3. The highest BCUT2D eigenvalue weighted by Gasteiger charge is 2.43. The minimum absolute atomic E-state index is 0.129. The number of hydrogen-bond acceptors (Lipinski definition) is 1. The maximum Gasteiger partial charge on any atom is 0.294 e. The Kier molecular flexibility index (Phi) is 7.02. The number of benzene rings is 5. The minimum Gasteiger partial charge on any atom is -0.312 e. The van der Waals surface area contributed by atoms with Crippen LogP contribution in [0.2, 0.25) is 0 Å². The molecule has 0 bridgehead atoms. The summed E-state index contributed by atoms with van der Waals surface area (Å²) < 4.78 is 4.97. The lowest BCUT2D eigenvalue weighted by Crippen LogP contribution is -2.60. The first-order valence-corrected chi connectivity index (χ1v) is 17.2. The van der Waals surface area contributed by atoms with Crippen LogP contribution in [-0.2, 0) is 6.54 Å². The van der Waals surface area contributed by atoms with Crippen molar-refractivity contribution in [3.63, 3.8) is 0 Å². The van der Waals surface area contributed by atoms with Crippen molar-refractivity contribution in [1.82, 2.24) is 4.57 Å². The lowest BCUT2D eigenvalue weighted by molar-refractivity contribution is -0.670. The maximum atomic E-state index is 2.49. The summed E-state index contributed by atoms with van der Waals surface area (Å²) >= 11 is 0. The van der Waals surface area contributed by atoms with Gasteiger partial charge in [0.1, 0.15) is 24.6 Å². The molecular formula is C43H43BN3+. The van der Waals surface area contributed by atoms with Crippen molar-refractivity contribution in [3.8, 4) is 17.1 Å². The number of imidazole rings is 1. The molecule has 0 fully saturated rings. The summed E-state index contributed by atoms with van der Waals surface area (Å²) in [6.45, 7) is 17.1. The van der Waals surface area contributed by atoms with Gasteiger partial charge in [-0.15, -0.1) is 0 Å². The Morgan fingerprint density at radius 3 is 2.02 bits per heavy atom. The van der Waals surface area contributed by atoms with Crippen LogP contribution in [0.4, 0.5) is 17.1 Å². The lowest BCUT2D eigenvalue weighted by atomic mass is 9.33. The number of para-hydroxylation sites is 3. The average molecular weight is 613 g/mol. The number of hydrogen-bond donors (Lipinski definition) is 0. The lowest BCUT2D eigenvalue weighted by Gasteiger charge is -2.38. The smallest absolute Gasteiger partial charge is 0.294 e. The van der Waals surface area contributed by atoms with Gasteiger partial charge >= 0.3 is 0 Å². The van der Waals surface area contributed by atoms with E-state index in [1.54, 1.807) is 0 Å². The van der Waals surface area contributed by atoms with Gasteiger partial charge < -0.3 is 4.90 Å². The van der Waals surface area contributed by atoms with Crippen LogP contribution in [0.1, 0.15) is 72.9 Å². The Hall–Kier alpha value is -4.83. The molecule has 0 saturated heterocycles. The monoisotopic (exact) mass is 612 g/mol. The van der Waals surface area contributed by atoms with Crippen LogP contribution in [0.3, 0.4) is 0 Å². The van der Waals surface area contributed by atoms with Crippen LogP contribution >= 0.6 is 0 Å². The average Bonchev–Trinajstić information content (AvgIpc) is 3.63. The second kappa shape index (κ2) is 11.2. The first-order valence-electron chi connectivity index (χ1n) is 17.2. The zero-order valence-electron chi connectivity index (χ0n) is 28.7. The Balaban J connectivity index is 1.43. The summed E-state index contributed by atoms with van der Waals surface area (Å²) in [5, 5.41) is 0. The molecule has 2 aliphatic heterocycles. The summed E-state index contributed by atoms with van der Waals surface area (Å²) in [5.41, 5.74) is 18.9. The fraction of sp³-hybridized carbons (Fsp3) is 0.233. The zero-order chi connectivity index (χ0) is 32.6. The zero-order valence-corrected chi connectivity index (χ0v) is 28.7. The van der Waals surface area contributed by atoms with Gasteiger partial charge in [-0.1, -0.05) is 117 Å². The molecule has 0 atom stereocenters. The van der Waals surface area contributed by atoms with Crippen LogP contribution in [0.5, 0.6) is 0 Å². The van der Waals surface area contributed by atoms with Crippen molar-refractivity contribution >= 4 is 40.2 Å². The third kappa shape index (κ3) is 4.52. The van der Waals surface area contributed by atoms with E-state index < -0.39 is 0 Å². The van der Waals surface area contributed by atoms with E-state index in [-0.39, 0.29) is 6.71 Å². The predicted octanol–water partition coefficient (Wildman–Crippen LogP) is 8.26. The van der Waals surface area contributed by atoms with E-state index in [0.717, 1.165) is 6.54 Å². The molecule has 8 rings (SSSR count). The van der Waals surface area contributed by atoms with E-state index in [0.29, 0.717) is 11.8 Å². The van der Waals surface area contributed by atoms with Crippen molar-refractivity contribution in [2.45, 2.75) is 66.8 Å². The summed E-state index contributed by atoms with van der Waals surface area (Å²) in [6, 6.07) is 36.4. The molecule has 0 unspecified atom stereocenters. The highest BCUT2D eigenvalue weighted by atomic mass is 15.2. The third-order valence-electron chi connectivity index (χ3n) is 10.4. The fourth-order valence-electron chi connectivity index (χ4n) is 8.55. The molecule has 3 nitrogen and oxygen atoms in total. The second-order valence-corrected chi connectivity index (χ2v) is 14.2. The van der Waals surface area contributed by atoms with Gasteiger partial charge in [-0.3, -0.25) is 0 Å². The number of fused-ring (bicyclic) bond motifs is 6. The second-order valence-electron chi connectivity index (χ2n) is 14.2. The standard InChI is InChI=1S/C43H43BN3/c1-27(2)33-16-13-17-34(28(3)4)42(33)46-23-22-45-26-36-35(43(45)46)20-21-39-41(36)44(40-30(6)24-29(5)25-31(40)7)37-18-11-12-19-38(37)47(39)32-14-9-8-10-15-32/h8-25,27-28H,26H2,1-7H3/q+1. The van der Waals surface area contributed by atoms with Crippen LogP contribution in [0, 0.1) is 20.8 Å². The van der Waals surface area contributed by atoms with Gasteiger partial charge in [0, 0.05) is 33.8 Å². The van der Waals surface area contributed by atoms with E-state index in [1.807, 2.05) is 0 Å². The minimum atomic E-state index is 0.129. The molecule has 1 aromatic heterocycles. The molecule has 6 aromatic rings. The van der Waals surface area contributed by atoms with Crippen LogP contribution in [0.25, 0.3) is 17.1 Å². The van der Waals surface area contributed by atoms with Crippen LogP contribution < -0.4 is 25.9 Å². The van der Waals surface area contributed by atoms with Gasteiger partial charge in [-0.25, -0.2) is 4.57 Å². The Morgan fingerprint density at radius 1 is 0.681 bits per heavy atom. The molecule has 4 heteroatoms. The van der Waals surface area contributed by atoms with Gasteiger partial charge in [0.2, 0.25) is 6.71 Å². The predicted molar refractivity (Wildman–Crippen MR) is 199 cm³/mol. The number of aromatic nitrogens is 2. The topological polar surface area (TPSA) is 12.1 Å². The maximum absolute atomic E-state index is 2.49. The van der Waals surface area contributed by atoms with Crippen molar-refractivity contribution in [3.05, 3.63) is 143 Å². The van der Waals surface area contributed by atoms with Crippen LogP contribution in [-0.4, -0.2) is 11.3 Å². The number of anilines is 3. The van der Waals surface area contributed by atoms with E-state index in [4.69, 9.17) is 0 Å². The van der Waals surface area contributed by atoms with Gasteiger partial charge in [0.15, 0.2) is 0 Å². The molecule has 0 aliphatic carbocycles. The molecular weight excluding hydrogens is 569 g/mol.